The van der Waals surface area contributed by atoms with Crippen LogP contribution in [0, 0.1) is 17.2 Å². The molecule has 1 aromatic heterocycles. The topological polar surface area (TPSA) is 126 Å². The first-order valence-corrected chi connectivity index (χ1v) is 9.54. The van der Waals surface area contributed by atoms with E-state index in [0.717, 1.165) is 17.1 Å². The van der Waals surface area contributed by atoms with Crippen molar-refractivity contribution in [2.24, 2.45) is 11.7 Å². The summed E-state index contributed by atoms with van der Waals surface area (Å²) in [6.45, 7) is 3.26. The van der Waals surface area contributed by atoms with Crippen molar-refractivity contribution in [1.82, 2.24) is 9.55 Å². The van der Waals surface area contributed by atoms with Crippen LogP contribution in [-0.2, 0) is 16.1 Å². The lowest BCUT2D eigenvalue weighted by Gasteiger charge is -2.14. The SMILES string of the molecule is C[C@H](Nc1ccc2c(c1)OCCn1cc(N3CC(CC#N)CC3=O)nc1-2)C(N)=O. The van der Waals surface area contributed by atoms with Gasteiger partial charge in [-0.2, -0.15) is 5.26 Å². The Labute approximate surface area is 168 Å². The molecule has 0 spiro atoms. The zero-order chi connectivity index (χ0) is 20.5. The van der Waals surface area contributed by atoms with E-state index in [2.05, 4.69) is 11.4 Å². The number of benzene rings is 1. The number of carbonyl (C=O) groups is 2. The van der Waals surface area contributed by atoms with Crippen LogP contribution < -0.4 is 20.7 Å². The number of anilines is 2. The van der Waals surface area contributed by atoms with Gasteiger partial charge in [-0.3, -0.25) is 14.5 Å². The Morgan fingerprint density at radius 1 is 1.52 bits per heavy atom. The molecule has 3 heterocycles. The molecule has 0 bridgehead atoms. The Hall–Kier alpha value is -3.54. The molecule has 1 aromatic carbocycles. The fraction of sp³-hybridized carbons (Fsp3) is 0.400. The highest BCUT2D eigenvalue weighted by atomic mass is 16.5. The number of aromatic nitrogens is 2. The largest absolute Gasteiger partial charge is 0.491 e. The highest BCUT2D eigenvalue weighted by molar-refractivity contribution is 5.95. The van der Waals surface area contributed by atoms with Crippen LogP contribution in [0.5, 0.6) is 5.75 Å². The van der Waals surface area contributed by atoms with Crippen molar-refractivity contribution in [3.8, 4) is 23.2 Å². The Kier molecular flexibility index (Phi) is 4.84. The molecule has 29 heavy (non-hydrogen) atoms. The minimum absolute atomic E-state index is 0.00466. The highest BCUT2D eigenvalue weighted by Gasteiger charge is 2.33. The molecule has 2 aliphatic heterocycles. The first-order valence-electron chi connectivity index (χ1n) is 9.54. The van der Waals surface area contributed by atoms with Crippen LogP contribution in [0.15, 0.2) is 24.4 Å². The summed E-state index contributed by atoms with van der Waals surface area (Å²) in [6, 6.07) is 7.18. The summed E-state index contributed by atoms with van der Waals surface area (Å²) in [4.78, 5) is 30.1. The minimum atomic E-state index is -0.505. The molecule has 2 aromatic rings. The predicted molar refractivity (Wildman–Crippen MR) is 106 cm³/mol. The van der Waals surface area contributed by atoms with Gasteiger partial charge < -0.3 is 20.4 Å². The molecular weight excluding hydrogens is 372 g/mol. The van der Waals surface area contributed by atoms with Gasteiger partial charge in [0.25, 0.3) is 0 Å². The van der Waals surface area contributed by atoms with Gasteiger partial charge in [0.15, 0.2) is 5.82 Å². The molecule has 1 fully saturated rings. The monoisotopic (exact) mass is 394 g/mol. The number of primary amides is 1. The van der Waals surface area contributed by atoms with Crippen LogP contribution in [0.4, 0.5) is 11.5 Å². The van der Waals surface area contributed by atoms with Crippen molar-refractivity contribution in [3.63, 3.8) is 0 Å². The first kappa shape index (κ1) is 18.8. The summed E-state index contributed by atoms with van der Waals surface area (Å²) in [6.07, 6.45) is 2.61. The maximum atomic E-state index is 12.4. The second-order valence-electron chi connectivity index (χ2n) is 7.38. The zero-order valence-corrected chi connectivity index (χ0v) is 16.1. The Bertz CT molecular complexity index is 1010. The number of ether oxygens (including phenoxy) is 1. The molecule has 1 saturated heterocycles. The minimum Gasteiger partial charge on any atom is -0.491 e. The van der Waals surface area contributed by atoms with Crippen molar-refractivity contribution in [1.29, 1.82) is 5.26 Å². The molecule has 2 atom stereocenters. The van der Waals surface area contributed by atoms with Gasteiger partial charge in [-0.25, -0.2) is 4.98 Å². The summed E-state index contributed by atoms with van der Waals surface area (Å²) in [7, 11) is 0. The van der Waals surface area contributed by atoms with E-state index in [-0.39, 0.29) is 11.8 Å². The zero-order valence-electron chi connectivity index (χ0n) is 16.1. The molecule has 0 aliphatic carbocycles. The first-order chi connectivity index (χ1) is 14.0. The van der Waals surface area contributed by atoms with Crippen LogP contribution in [0.1, 0.15) is 19.8 Å². The van der Waals surface area contributed by atoms with Crippen molar-refractivity contribution >= 4 is 23.3 Å². The number of nitrogens with one attached hydrogen (secondary N) is 1. The van der Waals surface area contributed by atoms with E-state index in [0.29, 0.717) is 44.1 Å². The summed E-state index contributed by atoms with van der Waals surface area (Å²) in [5.74, 6) is 1.57. The third-order valence-electron chi connectivity index (χ3n) is 5.25. The average molecular weight is 394 g/mol. The van der Waals surface area contributed by atoms with Crippen molar-refractivity contribution in [2.45, 2.75) is 32.4 Å². The smallest absolute Gasteiger partial charge is 0.239 e. The molecule has 1 unspecified atom stereocenters. The van der Waals surface area contributed by atoms with Crippen LogP contribution in [0.3, 0.4) is 0 Å². The van der Waals surface area contributed by atoms with Crippen LogP contribution in [0.2, 0.25) is 0 Å². The molecule has 9 nitrogen and oxygen atoms in total. The highest BCUT2D eigenvalue weighted by Crippen LogP contribution is 2.36. The molecule has 2 amide bonds. The third kappa shape index (κ3) is 3.61. The normalized spacial score (nSPS) is 18.8. The van der Waals surface area contributed by atoms with Gasteiger partial charge >= 0.3 is 0 Å². The summed E-state index contributed by atoms with van der Waals surface area (Å²) >= 11 is 0. The van der Waals surface area contributed by atoms with Gasteiger partial charge in [-0.1, -0.05) is 0 Å². The fourth-order valence-corrected chi connectivity index (χ4v) is 3.68. The average Bonchev–Trinajstić information content (AvgIpc) is 3.21. The van der Waals surface area contributed by atoms with Crippen molar-refractivity contribution in [3.05, 3.63) is 24.4 Å². The van der Waals surface area contributed by atoms with Crippen LogP contribution in [-0.4, -0.2) is 40.6 Å². The van der Waals surface area contributed by atoms with Gasteiger partial charge in [-0.05, 0) is 25.0 Å². The lowest BCUT2D eigenvalue weighted by molar-refractivity contribution is -0.118. The number of nitrogens with two attached hydrogens (primary N) is 1. The molecule has 4 rings (SSSR count). The number of rotatable bonds is 5. The van der Waals surface area contributed by atoms with E-state index >= 15 is 0 Å². The van der Waals surface area contributed by atoms with Crippen molar-refractivity contribution in [2.75, 3.05) is 23.4 Å². The summed E-state index contributed by atoms with van der Waals surface area (Å²) in [5.41, 5.74) is 6.85. The predicted octanol–water partition coefficient (Wildman–Crippen LogP) is 1.49. The van der Waals surface area contributed by atoms with E-state index in [1.54, 1.807) is 11.8 Å². The molecule has 0 radical (unpaired) electrons. The van der Waals surface area contributed by atoms with Crippen LogP contribution >= 0.6 is 0 Å². The van der Waals surface area contributed by atoms with E-state index in [9.17, 15) is 9.59 Å². The number of nitrogens with zero attached hydrogens (tertiary/aromatic N) is 4. The summed E-state index contributed by atoms with van der Waals surface area (Å²) < 4.78 is 7.85. The van der Waals surface area contributed by atoms with E-state index in [1.165, 1.54) is 0 Å². The quantitative estimate of drug-likeness (QED) is 0.791. The van der Waals surface area contributed by atoms with Gasteiger partial charge in [0.1, 0.15) is 24.2 Å². The van der Waals surface area contributed by atoms with Gasteiger partial charge in [0, 0.05) is 37.3 Å². The number of amides is 2. The molecule has 2 aliphatic rings. The van der Waals surface area contributed by atoms with E-state index < -0.39 is 11.9 Å². The maximum absolute atomic E-state index is 12.4. The Morgan fingerprint density at radius 3 is 3.10 bits per heavy atom. The second kappa shape index (κ2) is 7.47. The number of imidazole rings is 1. The Balaban J connectivity index is 1.63. The molecule has 150 valence electrons. The number of hydrogen-bond donors (Lipinski definition) is 2. The molecule has 0 saturated carbocycles. The van der Waals surface area contributed by atoms with Crippen molar-refractivity contribution < 1.29 is 14.3 Å². The maximum Gasteiger partial charge on any atom is 0.239 e. The fourth-order valence-electron chi connectivity index (χ4n) is 3.68. The third-order valence-corrected chi connectivity index (χ3v) is 5.25. The summed E-state index contributed by atoms with van der Waals surface area (Å²) in [5, 5.41) is 12.0. The molecule has 9 heteroatoms. The second-order valence-corrected chi connectivity index (χ2v) is 7.38. The van der Waals surface area contributed by atoms with E-state index in [1.807, 2.05) is 29.0 Å². The lowest BCUT2D eigenvalue weighted by Crippen LogP contribution is -2.32. The van der Waals surface area contributed by atoms with E-state index in [4.69, 9.17) is 20.7 Å². The number of carbonyl (C=O) groups excluding carboxylic acids is 2. The van der Waals surface area contributed by atoms with Gasteiger partial charge in [-0.15, -0.1) is 0 Å². The molecular formula is C20H22N6O3. The standard InChI is InChI=1S/C20H22N6O3/c1-12(19(22)28)23-14-2-3-15-16(9-14)29-7-6-25-11-17(24-20(15)25)26-10-13(4-5-21)8-18(26)27/h2-3,9,11-13,23H,4,6-8,10H2,1H3,(H2,22,28)/t12-,13?/m0/s1. The number of hydrogen-bond acceptors (Lipinski definition) is 6. The van der Waals surface area contributed by atoms with Gasteiger partial charge in [0.2, 0.25) is 11.8 Å². The molecule has 3 N–H and O–H groups in total. The lowest BCUT2D eigenvalue weighted by atomic mass is 10.1. The van der Waals surface area contributed by atoms with Gasteiger partial charge in [0.05, 0.1) is 18.2 Å². The number of nitriles is 1. The Morgan fingerprint density at radius 2 is 2.34 bits per heavy atom. The van der Waals surface area contributed by atoms with Crippen LogP contribution in [0.25, 0.3) is 11.4 Å². The number of fused-ring (bicyclic) bond motifs is 3.